The average Bonchev–Trinajstić information content (AvgIpc) is 2.65. The molecule has 28 heavy (non-hydrogen) atoms. The van der Waals surface area contributed by atoms with Gasteiger partial charge in [0, 0.05) is 23.4 Å². The first-order chi connectivity index (χ1) is 13.0. The molecule has 0 atom stereocenters. The van der Waals surface area contributed by atoms with E-state index in [4.69, 9.17) is 15.2 Å². The van der Waals surface area contributed by atoms with Gasteiger partial charge in [0.25, 0.3) is 0 Å². The molecule has 0 saturated heterocycles. The van der Waals surface area contributed by atoms with E-state index in [1.54, 1.807) is 43.5 Å². The van der Waals surface area contributed by atoms with Gasteiger partial charge in [0.05, 0.1) is 20.3 Å². The highest BCUT2D eigenvalue weighted by molar-refractivity contribution is 14.0. The number of hydrogen-bond acceptors (Lipinski definition) is 4. The van der Waals surface area contributed by atoms with Gasteiger partial charge in [-0.05, 0) is 30.7 Å². The van der Waals surface area contributed by atoms with Gasteiger partial charge in [-0.15, -0.1) is 24.0 Å². The number of nitrogens with zero attached hydrogens (tertiary/aromatic N) is 1. The van der Waals surface area contributed by atoms with Crippen molar-refractivity contribution in [2.24, 2.45) is 10.7 Å². The van der Waals surface area contributed by atoms with Gasteiger partial charge in [0.1, 0.15) is 17.2 Å². The van der Waals surface area contributed by atoms with Crippen LogP contribution in [0.2, 0.25) is 0 Å². The molecule has 0 bridgehead atoms. The molecule has 2 rings (SSSR count). The number of nitrogens with two attached hydrogens (primary N) is 1. The molecule has 0 aliphatic rings. The first kappa shape index (κ1) is 23.7. The number of alkyl halides is 2. The van der Waals surface area contributed by atoms with Crippen LogP contribution in [0.3, 0.4) is 0 Å². The first-order valence-electron chi connectivity index (χ1n) is 8.43. The van der Waals surface area contributed by atoms with Crippen LogP contribution >= 0.6 is 24.0 Å². The molecular weight excluding hydrogens is 483 g/mol. The van der Waals surface area contributed by atoms with Crippen molar-refractivity contribution in [3.8, 4) is 17.2 Å². The lowest BCUT2D eigenvalue weighted by atomic mass is 10.2. The number of nitrogens with one attached hydrogen (secondary N) is 1. The molecule has 0 amide bonds. The lowest BCUT2D eigenvalue weighted by Gasteiger charge is -2.12. The van der Waals surface area contributed by atoms with Crippen molar-refractivity contribution < 1.29 is 23.0 Å². The van der Waals surface area contributed by atoms with E-state index < -0.39 is 6.61 Å². The zero-order valence-corrected chi connectivity index (χ0v) is 18.0. The summed E-state index contributed by atoms with van der Waals surface area (Å²) in [6, 6.07) is 11.9. The zero-order chi connectivity index (χ0) is 19.6. The fraction of sp³-hybridized carbons (Fsp3) is 0.316. The number of hydrogen-bond donors (Lipinski definition) is 2. The number of guanidine groups is 1. The van der Waals surface area contributed by atoms with E-state index in [-0.39, 0.29) is 42.2 Å². The van der Waals surface area contributed by atoms with Crippen molar-refractivity contribution in [1.82, 2.24) is 0 Å². The van der Waals surface area contributed by atoms with E-state index in [0.29, 0.717) is 29.4 Å². The summed E-state index contributed by atoms with van der Waals surface area (Å²) in [5, 5.41) is 2.92. The van der Waals surface area contributed by atoms with Gasteiger partial charge in [-0.3, -0.25) is 0 Å². The van der Waals surface area contributed by atoms with Gasteiger partial charge in [-0.1, -0.05) is 13.0 Å². The second-order valence-electron chi connectivity index (χ2n) is 5.55. The third-order valence-electron chi connectivity index (χ3n) is 3.49. The Labute approximate surface area is 180 Å². The van der Waals surface area contributed by atoms with E-state index in [1.807, 2.05) is 6.92 Å². The summed E-state index contributed by atoms with van der Waals surface area (Å²) in [5.41, 5.74) is 7.04. The predicted octanol–water partition coefficient (Wildman–Crippen LogP) is 4.63. The standard InChI is InChI=1S/C19H23F2N3O3.HI/c1-3-9-26-16-8-7-13(17(11-16)27-18(20)21)12-23-19(22)24-14-5-4-6-15(10-14)25-2;/h4-8,10-11,18H,3,9,12H2,1-2H3,(H3,22,23,24);1H. The Morgan fingerprint density at radius 2 is 1.96 bits per heavy atom. The lowest BCUT2D eigenvalue weighted by Crippen LogP contribution is -2.22. The molecule has 0 fully saturated rings. The third kappa shape index (κ3) is 7.75. The van der Waals surface area contributed by atoms with E-state index >= 15 is 0 Å². The minimum absolute atomic E-state index is 0. The monoisotopic (exact) mass is 507 g/mol. The Morgan fingerprint density at radius 3 is 2.64 bits per heavy atom. The summed E-state index contributed by atoms with van der Waals surface area (Å²) in [4.78, 5) is 4.18. The molecule has 0 saturated carbocycles. The van der Waals surface area contributed by atoms with Crippen molar-refractivity contribution in [2.45, 2.75) is 26.5 Å². The van der Waals surface area contributed by atoms with Crippen molar-refractivity contribution in [1.29, 1.82) is 0 Å². The molecule has 0 heterocycles. The maximum atomic E-state index is 12.7. The van der Waals surface area contributed by atoms with Gasteiger partial charge in [-0.2, -0.15) is 8.78 Å². The van der Waals surface area contributed by atoms with Gasteiger partial charge in [-0.25, -0.2) is 4.99 Å². The minimum atomic E-state index is -2.94. The van der Waals surface area contributed by atoms with Gasteiger partial charge >= 0.3 is 6.61 Å². The summed E-state index contributed by atoms with van der Waals surface area (Å²) in [7, 11) is 1.56. The van der Waals surface area contributed by atoms with Crippen molar-refractivity contribution in [3.63, 3.8) is 0 Å². The number of ether oxygens (including phenoxy) is 3. The van der Waals surface area contributed by atoms with E-state index in [2.05, 4.69) is 15.0 Å². The molecule has 0 aromatic heterocycles. The highest BCUT2D eigenvalue weighted by atomic mass is 127. The fourth-order valence-corrected chi connectivity index (χ4v) is 2.24. The number of halogens is 3. The average molecular weight is 507 g/mol. The summed E-state index contributed by atoms with van der Waals surface area (Å²) in [6.45, 7) is -0.430. The Hall–Kier alpha value is -2.30. The molecule has 154 valence electrons. The van der Waals surface area contributed by atoms with Crippen LogP contribution in [0.25, 0.3) is 0 Å². The summed E-state index contributed by atoms with van der Waals surface area (Å²) in [5.74, 6) is 1.28. The van der Waals surface area contributed by atoms with Crippen LogP contribution in [0.4, 0.5) is 14.5 Å². The Morgan fingerprint density at radius 1 is 1.18 bits per heavy atom. The van der Waals surface area contributed by atoms with E-state index in [0.717, 1.165) is 6.42 Å². The molecule has 2 aromatic rings. The van der Waals surface area contributed by atoms with Gasteiger partial charge in [0.2, 0.25) is 0 Å². The Balaban J connectivity index is 0.00000392. The number of benzene rings is 2. The molecule has 0 spiro atoms. The van der Waals surface area contributed by atoms with Gasteiger partial charge in [0.15, 0.2) is 5.96 Å². The third-order valence-corrected chi connectivity index (χ3v) is 3.49. The number of aliphatic imine (C=N–C) groups is 1. The normalized spacial score (nSPS) is 11.0. The molecule has 0 radical (unpaired) electrons. The fourth-order valence-electron chi connectivity index (χ4n) is 2.24. The van der Waals surface area contributed by atoms with Crippen LogP contribution in [-0.2, 0) is 6.54 Å². The molecule has 0 aliphatic heterocycles. The minimum Gasteiger partial charge on any atom is -0.497 e. The van der Waals surface area contributed by atoms with Crippen LogP contribution in [-0.4, -0.2) is 26.3 Å². The molecule has 9 heteroatoms. The van der Waals surface area contributed by atoms with Gasteiger partial charge < -0.3 is 25.3 Å². The molecular formula is C19H24F2IN3O3. The van der Waals surface area contributed by atoms with Crippen molar-refractivity contribution in [2.75, 3.05) is 19.0 Å². The second-order valence-corrected chi connectivity index (χ2v) is 5.55. The highest BCUT2D eigenvalue weighted by Gasteiger charge is 2.11. The quantitative estimate of drug-likeness (QED) is 0.294. The molecule has 0 aliphatic carbocycles. The predicted molar refractivity (Wildman–Crippen MR) is 116 cm³/mol. The summed E-state index contributed by atoms with van der Waals surface area (Å²) < 4.78 is 40.6. The zero-order valence-electron chi connectivity index (χ0n) is 15.7. The van der Waals surface area contributed by atoms with Crippen LogP contribution in [0.15, 0.2) is 47.5 Å². The second kappa shape index (κ2) is 12.2. The molecule has 6 nitrogen and oxygen atoms in total. The van der Waals surface area contributed by atoms with Crippen molar-refractivity contribution >= 4 is 35.6 Å². The van der Waals surface area contributed by atoms with Crippen LogP contribution in [0.5, 0.6) is 17.2 Å². The van der Waals surface area contributed by atoms with E-state index in [9.17, 15) is 8.78 Å². The number of methoxy groups -OCH3 is 1. The highest BCUT2D eigenvalue weighted by Crippen LogP contribution is 2.27. The van der Waals surface area contributed by atoms with Crippen LogP contribution < -0.4 is 25.3 Å². The largest absolute Gasteiger partial charge is 0.497 e. The first-order valence-corrected chi connectivity index (χ1v) is 8.43. The summed E-state index contributed by atoms with van der Waals surface area (Å²) >= 11 is 0. The lowest BCUT2D eigenvalue weighted by molar-refractivity contribution is -0.0505. The van der Waals surface area contributed by atoms with Crippen LogP contribution in [0, 0.1) is 0 Å². The smallest absolute Gasteiger partial charge is 0.387 e. The molecule has 0 unspecified atom stereocenters. The maximum absolute atomic E-state index is 12.7. The Kier molecular flexibility index (Phi) is 10.4. The van der Waals surface area contributed by atoms with Crippen LogP contribution in [0.1, 0.15) is 18.9 Å². The van der Waals surface area contributed by atoms with Crippen molar-refractivity contribution in [3.05, 3.63) is 48.0 Å². The SMILES string of the molecule is CCCOc1ccc(CN=C(N)Nc2cccc(OC)c2)c(OC(F)F)c1.I. The number of anilines is 1. The van der Waals surface area contributed by atoms with E-state index in [1.165, 1.54) is 6.07 Å². The maximum Gasteiger partial charge on any atom is 0.387 e. The number of rotatable bonds is 9. The molecule has 3 N–H and O–H groups in total. The molecule has 2 aromatic carbocycles. The Bertz CT molecular complexity index is 776. The summed E-state index contributed by atoms with van der Waals surface area (Å²) in [6.07, 6.45) is 0.809. The topological polar surface area (TPSA) is 78.1 Å².